The number of aromatic nitrogens is 3. The SMILES string of the molecule is Cc1cc(-c2nccs2)cc2c1ncn2[C@@H]1C[C@H]2C(=O)NC3(C(=O)O)C[C@H]3/C=C\CCCCC[C@@H](NC(=O)OC(C)(C)C)C(=O)N2C1. The molecule has 4 heterocycles. The number of hydrogen-bond acceptors (Lipinski definition) is 8. The second kappa shape index (κ2) is 12.7. The molecule has 13 heteroatoms. The lowest BCUT2D eigenvalue weighted by atomic mass is 10.0. The number of carbonyl (C=O) groups is 4. The number of amides is 3. The Kier molecular flexibility index (Phi) is 8.86. The van der Waals surface area contributed by atoms with E-state index in [-0.39, 0.29) is 24.9 Å². The predicted molar refractivity (Wildman–Crippen MR) is 177 cm³/mol. The molecule has 0 spiro atoms. The zero-order chi connectivity index (χ0) is 33.5. The van der Waals surface area contributed by atoms with Crippen molar-refractivity contribution >= 4 is 46.2 Å². The number of fused-ring (bicyclic) bond motifs is 3. The van der Waals surface area contributed by atoms with Crippen LogP contribution in [0.15, 0.2) is 42.2 Å². The minimum atomic E-state index is -1.41. The molecule has 1 aromatic carbocycles. The molecule has 3 N–H and O–H groups in total. The first-order valence-corrected chi connectivity index (χ1v) is 17.1. The third-order valence-corrected chi connectivity index (χ3v) is 10.1. The van der Waals surface area contributed by atoms with Gasteiger partial charge in [-0.05, 0) is 77.5 Å². The van der Waals surface area contributed by atoms with Crippen LogP contribution in [-0.2, 0) is 19.1 Å². The van der Waals surface area contributed by atoms with E-state index in [0.717, 1.165) is 46.4 Å². The summed E-state index contributed by atoms with van der Waals surface area (Å²) in [6, 6.07) is 1.87. The number of rotatable bonds is 4. The number of imidazole rings is 1. The number of hydrogen-bond donors (Lipinski definition) is 3. The number of nitrogens with zero attached hydrogens (tertiary/aromatic N) is 4. The molecule has 3 aliphatic rings. The summed E-state index contributed by atoms with van der Waals surface area (Å²) in [4.78, 5) is 64.4. The minimum Gasteiger partial charge on any atom is -0.479 e. The number of allylic oxidation sites excluding steroid dienone is 1. The smallest absolute Gasteiger partial charge is 0.408 e. The van der Waals surface area contributed by atoms with E-state index in [4.69, 9.17) is 4.74 Å². The lowest BCUT2D eigenvalue weighted by molar-refractivity contribution is -0.145. The van der Waals surface area contributed by atoms with Crippen molar-refractivity contribution in [3.63, 3.8) is 0 Å². The average Bonchev–Trinajstić information content (AvgIpc) is 3.45. The molecule has 2 fully saturated rings. The van der Waals surface area contributed by atoms with E-state index in [1.54, 1.807) is 33.3 Å². The van der Waals surface area contributed by atoms with Gasteiger partial charge in [-0.15, -0.1) is 11.3 Å². The topological polar surface area (TPSA) is 156 Å². The zero-order valence-electron chi connectivity index (χ0n) is 27.2. The number of thiazole rings is 1. The van der Waals surface area contributed by atoms with Gasteiger partial charge in [0.15, 0.2) is 0 Å². The first-order valence-electron chi connectivity index (χ1n) is 16.3. The van der Waals surface area contributed by atoms with Crippen LogP contribution in [0.4, 0.5) is 4.79 Å². The van der Waals surface area contributed by atoms with Crippen LogP contribution >= 0.6 is 11.3 Å². The van der Waals surface area contributed by atoms with E-state index < -0.39 is 47.1 Å². The van der Waals surface area contributed by atoms with Crippen molar-refractivity contribution in [2.24, 2.45) is 5.92 Å². The standard InChI is InChI=1S/C34H42N6O6S/c1-20-14-21(29-35-12-13-47-29)15-25-27(20)36-19-40(25)23-16-26-28(41)38-34(31(43)44)17-22(34)10-8-6-5-7-9-11-24(30(42)39(26)18-23)37-32(45)46-33(2,3)4/h8,10,12-15,19,22-24,26H,5-7,9,11,16-18H2,1-4H3,(H,37,45)(H,38,41)(H,43,44)/b10-8-/t22-,23-,24-,26+,34?/m1/s1. The number of carbonyl (C=O) groups excluding carboxylic acids is 3. The number of alkyl carbamates (subject to hydrolysis) is 1. The number of benzene rings is 1. The molecule has 2 aliphatic heterocycles. The monoisotopic (exact) mass is 662 g/mol. The maximum absolute atomic E-state index is 14.4. The number of aliphatic carboxylic acids is 1. The quantitative estimate of drug-likeness (QED) is 0.330. The summed E-state index contributed by atoms with van der Waals surface area (Å²) in [5.74, 6) is -2.32. The van der Waals surface area contributed by atoms with Gasteiger partial charge in [0.25, 0.3) is 0 Å². The molecule has 1 saturated carbocycles. The largest absolute Gasteiger partial charge is 0.479 e. The highest BCUT2D eigenvalue weighted by Gasteiger charge is 2.61. The molecule has 0 radical (unpaired) electrons. The van der Waals surface area contributed by atoms with Crippen LogP contribution in [-0.4, -0.2) is 78.2 Å². The van der Waals surface area contributed by atoms with Crippen molar-refractivity contribution < 1.29 is 29.0 Å². The highest BCUT2D eigenvalue weighted by Crippen LogP contribution is 2.46. The van der Waals surface area contributed by atoms with Crippen molar-refractivity contribution in [1.29, 1.82) is 0 Å². The van der Waals surface area contributed by atoms with E-state index in [2.05, 4.69) is 20.6 Å². The maximum atomic E-state index is 14.4. The summed E-state index contributed by atoms with van der Waals surface area (Å²) >= 11 is 1.54. The highest BCUT2D eigenvalue weighted by atomic mass is 32.1. The van der Waals surface area contributed by atoms with Crippen molar-refractivity contribution in [1.82, 2.24) is 30.1 Å². The van der Waals surface area contributed by atoms with Crippen LogP contribution in [0.5, 0.6) is 0 Å². The van der Waals surface area contributed by atoms with Gasteiger partial charge >= 0.3 is 12.1 Å². The first-order chi connectivity index (χ1) is 22.4. The Balaban J connectivity index is 1.36. The van der Waals surface area contributed by atoms with Crippen LogP contribution < -0.4 is 10.6 Å². The van der Waals surface area contributed by atoms with Gasteiger partial charge < -0.3 is 29.9 Å². The average molecular weight is 663 g/mol. The molecule has 3 amide bonds. The van der Waals surface area contributed by atoms with E-state index in [0.29, 0.717) is 19.3 Å². The first kappa shape index (κ1) is 32.7. The molecule has 6 rings (SSSR count). The fraction of sp³-hybridized carbons (Fsp3) is 0.529. The Labute approximate surface area is 277 Å². The van der Waals surface area contributed by atoms with Crippen LogP contribution in [0.2, 0.25) is 0 Å². The number of carboxylic acids is 1. The number of aryl methyl sites for hydroxylation is 1. The molecule has 3 aromatic rings. The van der Waals surface area contributed by atoms with Crippen molar-refractivity contribution in [3.05, 3.63) is 47.8 Å². The molecule has 2 aromatic heterocycles. The molecule has 5 atom stereocenters. The van der Waals surface area contributed by atoms with E-state index in [1.807, 2.05) is 41.2 Å². The molecular formula is C34H42N6O6S. The Bertz CT molecular complexity index is 1710. The Morgan fingerprint density at radius 1 is 1.17 bits per heavy atom. The van der Waals surface area contributed by atoms with Crippen molar-refractivity contribution in [2.75, 3.05) is 6.54 Å². The number of carboxylic acid groups (broad SMARTS) is 1. The zero-order valence-corrected chi connectivity index (χ0v) is 28.0. The maximum Gasteiger partial charge on any atom is 0.408 e. The number of ether oxygens (including phenoxy) is 1. The van der Waals surface area contributed by atoms with Crippen LogP contribution in [0.3, 0.4) is 0 Å². The van der Waals surface area contributed by atoms with Crippen molar-refractivity contribution in [3.8, 4) is 10.6 Å². The van der Waals surface area contributed by atoms with Crippen molar-refractivity contribution in [2.45, 2.75) is 102 Å². The van der Waals surface area contributed by atoms with Crippen LogP contribution in [0.25, 0.3) is 21.6 Å². The molecule has 0 bridgehead atoms. The third-order valence-electron chi connectivity index (χ3n) is 9.27. The second-order valence-corrected chi connectivity index (χ2v) is 14.8. The fourth-order valence-corrected chi connectivity index (χ4v) is 7.44. The third kappa shape index (κ3) is 6.76. The molecule has 47 heavy (non-hydrogen) atoms. The lowest BCUT2D eigenvalue weighted by Crippen LogP contribution is -2.56. The van der Waals surface area contributed by atoms with Gasteiger partial charge in [-0.1, -0.05) is 25.0 Å². The van der Waals surface area contributed by atoms with Gasteiger partial charge in [-0.2, -0.15) is 0 Å². The summed E-state index contributed by atoms with van der Waals surface area (Å²) in [7, 11) is 0. The summed E-state index contributed by atoms with van der Waals surface area (Å²) in [5.41, 5.74) is 1.43. The molecule has 1 aliphatic carbocycles. The Hall–Kier alpha value is -4.26. The Morgan fingerprint density at radius 2 is 1.98 bits per heavy atom. The van der Waals surface area contributed by atoms with Gasteiger partial charge in [0, 0.05) is 29.6 Å². The van der Waals surface area contributed by atoms with Crippen LogP contribution in [0, 0.1) is 12.8 Å². The lowest BCUT2D eigenvalue weighted by Gasteiger charge is -2.30. The van der Waals surface area contributed by atoms with Crippen LogP contribution in [0.1, 0.15) is 77.3 Å². The molecule has 12 nitrogen and oxygen atoms in total. The minimum absolute atomic E-state index is 0.179. The number of nitrogens with one attached hydrogen (secondary N) is 2. The second-order valence-electron chi connectivity index (χ2n) is 13.9. The molecule has 1 saturated heterocycles. The van der Waals surface area contributed by atoms with Gasteiger partial charge in [0.1, 0.15) is 28.2 Å². The molecule has 250 valence electrons. The molecular weight excluding hydrogens is 620 g/mol. The fourth-order valence-electron chi connectivity index (χ4n) is 6.82. The van der Waals surface area contributed by atoms with E-state index in [9.17, 15) is 24.3 Å². The predicted octanol–water partition coefficient (Wildman–Crippen LogP) is 4.98. The van der Waals surface area contributed by atoms with Gasteiger partial charge in [0.2, 0.25) is 11.8 Å². The van der Waals surface area contributed by atoms with Gasteiger partial charge in [-0.3, -0.25) is 9.59 Å². The summed E-state index contributed by atoms with van der Waals surface area (Å²) in [6.07, 6.45) is 10.7. The van der Waals surface area contributed by atoms with E-state index >= 15 is 0 Å². The van der Waals surface area contributed by atoms with Gasteiger partial charge in [0.05, 0.1) is 23.4 Å². The Morgan fingerprint density at radius 3 is 2.70 bits per heavy atom. The summed E-state index contributed by atoms with van der Waals surface area (Å²) in [5, 5.41) is 18.6. The summed E-state index contributed by atoms with van der Waals surface area (Å²) < 4.78 is 7.49. The normalized spacial score (nSPS) is 27.6. The van der Waals surface area contributed by atoms with E-state index in [1.165, 1.54) is 16.2 Å². The highest BCUT2D eigenvalue weighted by molar-refractivity contribution is 7.13. The summed E-state index contributed by atoms with van der Waals surface area (Å²) in [6.45, 7) is 7.43. The van der Waals surface area contributed by atoms with Gasteiger partial charge in [-0.25, -0.2) is 19.6 Å². The molecule has 1 unspecified atom stereocenters.